The van der Waals surface area contributed by atoms with E-state index >= 15 is 0 Å². The van der Waals surface area contributed by atoms with E-state index in [4.69, 9.17) is 11.6 Å². The van der Waals surface area contributed by atoms with Gasteiger partial charge in [-0.1, -0.05) is 17.7 Å². The molecule has 4 heteroatoms. The van der Waals surface area contributed by atoms with Gasteiger partial charge in [0, 0.05) is 23.2 Å². The fourth-order valence-electron chi connectivity index (χ4n) is 3.02. The number of hydrogen-bond donors (Lipinski definition) is 1. The molecule has 0 radical (unpaired) electrons. The molecule has 21 heavy (non-hydrogen) atoms. The number of halogens is 1. The zero-order valence-electron chi connectivity index (χ0n) is 12.6. The van der Waals surface area contributed by atoms with E-state index in [1.54, 1.807) is 0 Å². The maximum Gasteiger partial charge on any atom is 0.254 e. The van der Waals surface area contributed by atoms with Crippen LogP contribution in [0.5, 0.6) is 0 Å². The largest absolute Gasteiger partial charge is 0.335 e. The van der Waals surface area contributed by atoms with Crippen LogP contribution in [-0.4, -0.2) is 36.5 Å². The second-order valence-corrected chi connectivity index (χ2v) is 6.75. The molecule has 114 valence electrons. The van der Waals surface area contributed by atoms with Gasteiger partial charge in [0.1, 0.15) is 0 Å². The Morgan fingerprint density at radius 1 is 1.29 bits per heavy atom. The van der Waals surface area contributed by atoms with Gasteiger partial charge in [0.2, 0.25) is 0 Å². The molecule has 1 aromatic carbocycles. The Kier molecular flexibility index (Phi) is 4.51. The van der Waals surface area contributed by atoms with Crippen LogP contribution in [0.3, 0.4) is 0 Å². The van der Waals surface area contributed by atoms with Crippen molar-refractivity contribution in [2.75, 3.05) is 19.6 Å². The average Bonchev–Trinajstić information content (AvgIpc) is 3.33. The number of nitrogens with zero attached hydrogens (tertiary/aromatic N) is 1. The Balaban J connectivity index is 1.73. The first-order valence-corrected chi connectivity index (χ1v) is 8.31. The summed E-state index contributed by atoms with van der Waals surface area (Å²) in [5.74, 6) is 0.787. The van der Waals surface area contributed by atoms with Crippen LogP contribution >= 0.6 is 11.6 Å². The van der Waals surface area contributed by atoms with Crippen molar-refractivity contribution in [3.05, 3.63) is 34.3 Å². The summed E-state index contributed by atoms with van der Waals surface area (Å²) < 4.78 is 0. The van der Waals surface area contributed by atoms with E-state index in [1.165, 1.54) is 12.8 Å². The van der Waals surface area contributed by atoms with Crippen molar-refractivity contribution in [2.24, 2.45) is 5.92 Å². The molecule has 0 bridgehead atoms. The Hall–Kier alpha value is -1.06. The molecular formula is C17H23ClN2O. The molecule has 0 spiro atoms. The first kappa shape index (κ1) is 14.9. The molecule has 1 heterocycles. The Morgan fingerprint density at radius 2 is 2.00 bits per heavy atom. The van der Waals surface area contributed by atoms with E-state index in [9.17, 15) is 4.79 Å². The standard InChI is InChI=1S/C17H23ClN2O/c1-12-2-3-14(10-16(12)18)17(21)20(15-4-5-15)11-13-6-8-19-9-7-13/h2-3,10,13,15,19H,4-9,11H2,1H3. The lowest BCUT2D eigenvalue weighted by atomic mass is 9.97. The minimum Gasteiger partial charge on any atom is -0.335 e. The van der Waals surface area contributed by atoms with E-state index < -0.39 is 0 Å². The molecule has 1 aromatic rings. The van der Waals surface area contributed by atoms with E-state index in [1.807, 2.05) is 25.1 Å². The molecule has 1 N–H and O–H groups in total. The lowest BCUT2D eigenvalue weighted by Crippen LogP contribution is -2.40. The summed E-state index contributed by atoms with van der Waals surface area (Å²) in [5, 5.41) is 4.07. The number of carbonyl (C=O) groups is 1. The van der Waals surface area contributed by atoms with Crippen molar-refractivity contribution >= 4 is 17.5 Å². The predicted octanol–water partition coefficient (Wildman–Crippen LogP) is 3.25. The third-order valence-electron chi connectivity index (χ3n) is 4.58. The fourth-order valence-corrected chi connectivity index (χ4v) is 3.20. The van der Waals surface area contributed by atoms with Crippen molar-refractivity contribution in [1.29, 1.82) is 0 Å². The zero-order chi connectivity index (χ0) is 14.8. The van der Waals surface area contributed by atoms with E-state index in [0.717, 1.165) is 43.6 Å². The first-order chi connectivity index (χ1) is 10.1. The van der Waals surface area contributed by atoms with Gasteiger partial charge in [-0.2, -0.15) is 0 Å². The number of aryl methyl sites for hydroxylation is 1. The van der Waals surface area contributed by atoms with Crippen molar-refractivity contribution in [1.82, 2.24) is 10.2 Å². The summed E-state index contributed by atoms with van der Waals surface area (Å²) >= 11 is 6.17. The third kappa shape index (κ3) is 3.58. The van der Waals surface area contributed by atoms with Gasteiger partial charge >= 0.3 is 0 Å². The highest BCUT2D eigenvalue weighted by Gasteiger charge is 2.34. The molecule has 1 saturated heterocycles. The summed E-state index contributed by atoms with van der Waals surface area (Å²) in [6.07, 6.45) is 4.64. The Labute approximate surface area is 131 Å². The van der Waals surface area contributed by atoms with E-state index in [0.29, 0.717) is 17.0 Å². The monoisotopic (exact) mass is 306 g/mol. The molecular weight excluding hydrogens is 284 g/mol. The molecule has 1 aliphatic carbocycles. The van der Waals surface area contributed by atoms with Crippen molar-refractivity contribution in [3.63, 3.8) is 0 Å². The number of benzene rings is 1. The lowest BCUT2D eigenvalue weighted by molar-refractivity contribution is 0.0701. The van der Waals surface area contributed by atoms with Crippen LogP contribution in [0.2, 0.25) is 5.02 Å². The van der Waals surface area contributed by atoms with Crippen molar-refractivity contribution in [3.8, 4) is 0 Å². The minimum atomic E-state index is 0.151. The molecule has 3 nitrogen and oxygen atoms in total. The van der Waals surface area contributed by atoms with Gasteiger partial charge in [0.05, 0.1) is 0 Å². The summed E-state index contributed by atoms with van der Waals surface area (Å²) in [7, 11) is 0. The highest BCUT2D eigenvalue weighted by atomic mass is 35.5. The number of hydrogen-bond acceptors (Lipinski definition) is 2. The minimum absolute atomic E-state index is 0.151. The Morgan fingerprint density at radius 3 is 2.62 bits per heavy atom. The van der Waals surface area contributed by atoms with Crippen molar-refractivity contribution in [2.45, 2.75) is 38.6 Å². The molecule has 1 saturated carbocycles. The van der Waals surface area contributed by atoms with Crippen LogP contribution in [0.25, 0.3) is 0 Å². The normalized spacial score (nSPS) is 19.5. The molecule has 0 atom stereocenters. The lowest BCUT2D eigenvalue weighted by Gasteiger charge is -2.30. The summed E-state index contributed by atoms with van der Waals surface area (Å²) in [6.45, 7) is 5.02. The van der Waals surface area contributed by atoms with Gasteiger partial charge in [-0.05, 0) is 69.3 Å². The van der Waals surface area contributed by atoms with Gasteiger partial charge in [0.25, 0.3) is 5.91 Å². The predicted molar refractivity (Wildman–Crippen MR) is 85.8 cm³/mol. The van der Waals surface area contributed by atoms with Crippen LogP contribution < -0.4 is 5.32 Å². The second kappa shape index (κ2) is 6.37. The molecule has 0 unspecified atom stereocenters. The van der Waals surface area contributed by atoms with E-state index in [-0.39, 0.29) is 5.91 Å². The van der Waals surface area contributed by atoms with Gasteiger partial charge < -0.3 is 10.2 Å². The molecule has 1 aliphatic heterocycles. The van der Waals surface area contributed by atoms with Crippen LogP contribution in [0.15, 0.2) is 18.2 Å². The number of carbonyl (C=O) groups excluding carboxylic acids is 1. The molecule has 1 amide bonds. The van der Waals surface area contributed by atoms with Crippen LogP contribution in [0, 0.1) is 12.8 Å². The number of rotatable bonds is 4. The number of nitrogens with one attached hydrogen (secondary N) is 1. The molecule has 0 aromatic heterocycles. The number of amides is 1. The Bertz CT molecular complexity index is 522. The highest BCUT2D eigenvalue weighted by molar-refractivity contribution is 6.31. The van der Waals surface area contributed by atoms with Crippen molar-refractivity contribution < 1.29 is 4.79 Å². The van der Waals surface area contributed by atoms with Gasteiger partial charge in [-0.3, -0.25) is 4.79 Å². The SMILES string of the molecule is Cc1ccc(C(=O)N(CC2CCNCC2)C2CC2)cc1Cl. The van der Waals surface area contributed by atoms with Crippen LogP contribution in [-0.2, 0) is 0 Å². The van der Waals surface area contributed by atoms with Gasteiger partial charge in [-0.15, -0.1) is 0 Å². The van der Waals surface area contributed by atoms with Gasteiger partial charge in [-0.25, -0.2) is 0 Å². The number of piperidine rings is 1. The fraction of sp³-hybridized carbons (Fsp3) is 0.588. The summed E-state index contributed by atoms with van der Waals surface area (Å²) in [5.41, 5.74) is 1.75. The second-order valence-electron chi connectivity index (χ2n) is 6.35. The topological polar surface area (TPSA) is 32.3 Å². The quantitative estimate of drug-likeness (QED) is 0.926. The molecule has 2 aliphatic rings. The van der Waals surface area contributed by atoms with E-state index in [2.05, 4.69) is 10.2 Å². The average molecular weight is 307 g/mol. The molecule has 3 rings (SSSR count). The smallest absolute Gasteiger partial charge is 0.254 e. The highest BCUT2D eigenvalue weighted by Crippen LogP contribution is 2.31. The first-order valence-electron chi connectivity index (χ1n) is 7.93. The third-order valence-corrected chi connectivity index (χ3v) is 4.99. The zero-order valence-corrected chi connectivity index (χ0v) is 13.3. The van der Waals surface area contributed by atoms with Gasteiger partial charge in [0.15, 0.2) is 0 Å². The maximum atomic E-state index is 12.8. The van der Waals surface area contributed by atoms with Crippen LogP contribution in [0.1, 0.15) is 41.6 Å². The van der Waals surface area contributed by atoms with Crippen LogP contribution in [0.4, 0.5) is 0 Å². The molecule has 2 fully saturated rings. The maximum absolute atomic E-state index is 12.8. The summed E-state index contributed by atoms with van der Waals surface area (Å²) in [6, 6.07) is 6.11. The summed E-state index contributed by atoms with van der Waals surface area (Å²) in [4.78, 5) is 14.9.